The third kappa shape index (κ3) is 1.69. The van der Waals surface area contributed by atoms with Crippen molar-refractivity contribution in [3.05, 3.63) is 0 Å². The molecule has 2 saturated heterocycles. The highest BCUT2D eigenvalue weighted by atomic mass is 16.6. The number of hydrogen-bond acceptors (Lipinski definition) is 3. The van der Waals surface area contributed by atoms with E-state index < -0.39 is 0 Å². The lowest BCUT2D eigenvalue weighted by Gasteiger charge is -2.40. The Morgan fingerprint density at radius 2 is 2.12 bits per heavy atom. The molecule has 2 heterocycles. The molecule has 1 N–H and O–H groups in total. The molecule has 16 heavy (non-hydrogen) atoms. The molecule has 2 atom stereocenters. The van der Waals surface area contributed by atoms with Gasteiger partial charge in [0.25, 0.3) is 0 Å². The highest BCUT2D eigenvalue weighted by Gasteiger charge is 2.43. The first-order chi connectivity index (χ1) is 7.86. The van der Waals surface area contributed by atoms with Crippen molar-refractivity contribution in [2.75, 3.05) is 19.7 Å². The van der Waals surface area contributed by atoms with E-state index in [1.807, 2.05) is 4.90 Å². The van der Waals surface area contributed by atoms with Crippen LogP contribution < -0.4 is 5.32 Å². The number of nitrogens with one attached hydrogen (secondary N) is 1. The predicted octanol–water partition coefficient (Wildman–Crippen LogP) is 1.36. The molecule has 0 aromatic heterocycles. The summed E-state index contributed by atoms with van der Waals surface area (Å²) >= 11 is 0. The van der Waals surface area contributed by atoms with E-state index in [0.717, 1.165) is 13.1 Å². The minimum absolute atomic E-state index is 0.0692. The molecule has 3 rings (SSSR count). The van der Waals surface area contributed by atoms with Crippen molar-refractivity contribution in [3.63, 3.8) is 0 Å². The minimum atomic E-state index is -0.0692. The zero-order valence-electron chi connectivity index (χ0n) is 9.65. The first-order valence-corrected chi connectivity index (χ1v) is 6.52. The summed E-state index contributed by atoms with van der Waals surface area (Å²) in [6.07, 6.45) is 6.01. The third-order valence-corrected chi connectivity index (χ3v) is 4.29. The summed E-state index contributed by atoms with van der Waals surface area (Å²) in [5.74, 6) is 0.598. The highest BCUT2D eigenvalue weighted by molar-refractivity contribution is 5.70. The fraction of sp³-hybridized carbons (Fsp3) is 0.917. The first-order valence-electron chi connectivity index (χ1n) is 6.52. The summed E-state index contributed by atoms with van der Waals surface area (Å²) in [6, 6.07) is 0.813. The normalized spacial score (nSPS) is 36.0. The molecule has 4 heteroatoms. The molecular formula is C12H20N2O2. The lowest BCUT2D eigenvalue weighted by molar-refractivity contribution is 0.0976. The lowest BCUT2D eigenvalue weighted by atomic mass is 9.86. The smallest absolute Gasteiger partial charge is 0.410 e. The zero-order chi connectivity index (χ0) is 11.0. The van der Waals surface area contributed by atoms with E-state index in [-0.39, 0.29) is 6.09 Å². The second-order valence-corrected chi connectivity index (χ2v) is 5.24. The van der Waals surface area contributed by atoms with Crippen LogP contribution in [0.15, 0.2) is 0 Å². The molecule has 2 unspecified atom stereocenters. The van der Waals surface area contributed by atoms with Crippen LogP contribution in [0.1, 0.15) is 32.1 Å². The van der Waals surface area contributed by atoms with Gasteiger partial charge in [0.15, 0.2) is 0 Å². The van der Waals surface area contributed by atoms with Crippen LogP contribution in [0.4, 0.5) is 4.79 Å². The van der Waals surface area contributed by atoms with Gasteiger partial charge in [0.1, 0.15) is 6.61 Å². The lowest BCUT2D eigenvalue weighted by Crippen LogP contribution is -2.51. The van der Waals surface area contributed by atoms with Gasteiger partial charge in [0.2, 0.25) is 0 Å². The van der Waals surface area contributed by atoms with Gasteiger partial charge < -0.3 is 10.1 Å². The van der Waals surface area contributed by atoms with Crippen LogP contribution >= 0.6 is 0 Å². The van der Waals surface area contributed by atoms with Crippen LogP contribution in [-0.2, 0) is 4.74 Å². The summed E-state index contributed by atoms with van der Waals surface area (Å²) in [7, 11) is 0. The van der Waals surface area contributed by atoms with Crippen LogP contribution in [0.25, 0.3) is 0 Å². The Hall–Kier alpha value is -0.770. The molecule has 0 spiro atoms. The van der Waals surface area contributed by atoms with Crippen LogP contribution in [0, 0.1) is 5.92 Å². The van der Waals surface area contributed by atoms with Crippen LogP contribution in [-0.4, -0.2) is 42.8 Å². The van der Waals surface area contributed by atoms with E-state index in [2.05, 4.69) is 5.32 Å². The van der Waals surface area contributed by atoms with Crippen molar-refractivity contribution in [1.82, 2.24) is 10.2 Å². The number of nitrogens with zero attached hydrogens (tertiary/aromatic N) is 1. The molecule has 0 bridgehead atoms. The molecule has 0 radical (unpaired) electrons. The Morgan fingerprint density at radius 1 is 1.25 bits per heavy atom. The van der Waals surface area contributed by atoms with Gasteiger partial charge in [0.05, 0.1) is 6.04 Å². The molecular weight excluding hydrogens is 204 g/mol. The van der Waals surface area contributed by atoms with E-state index >= 15 is 0 Å². The number of rotatable bonds is 2. The zero-order valence-corrected chi connectivity index (χ0v) is 9.65. The number of hydrogen-bond donors (Lipinski definition) is 1. The van der Waals surface area contributed by atoms with Crippen LogP contribution in [0.2, 0.25) is 0 Å². The highest BCUT2D eigenvalue weighted by Crippen LogP contribution is 2.33. The maximum absolute atomic E-state index is 11.7. The van der Waals surface area contributed by atoms with Crippen molar-refractivity contribution in [2.45, 2.75) is 44.2 Å². The summed E-state index contributed by atoms with van der Waals surface area (Å²) in [4.78, 5) is 13.8. The summed E-state index contributed by atoms with van der Waals surface area (Å²) in [6.45, 7) is 2.79. The van der Waals surface area contributed by atoms with E-state index in [0.29, 0.717) is 24.6 Å². The molecule has 0 aromatic carbocycles. The van der Waals surface area contributed by atoms with E-state index in [1.54, 1.807) is 0 Å². The Labute approximate surface area is 96.3 Å². The molecule has 1 amide bonds. The quantitative estimate of drug-likeness (QED) is 0.770. The van der Waals surface area contributed by atoms with Gasteiger partial charge in [-0.1, -0.05) is 0 Å². The number of cyclic esters (lactones) is 1. The average Bonchev–Trinajstić information content (AvgIpc) is 2.60. The van der Waals surface area contributed by atoms with Crippen molar-refractivity contribution in [1.29, 1.82) is 0 Å². The Bertz CT molecular complexity index is 272. The molecule has 4 nitrogen and oxygen atoms in total. The minimum Gasteiger partial charge on any atom is -0.447 e. The fourth-order valence-corrected chi connectivity index (χ4v) is 3.10. The molecule has 2 aliphatic heterocycles. The maximum Gasteiger partial charge on any atom is 0.410 e. The molecule has 90 valence electrons. The van der Waals surface area contributed by atoms with Gasteiger partial charge in [-0.3, -0.25) is 4.90 Å². The molecule has 3 aliphatic rings. The van der Waals surface area contributed by atoms with Gasteiger partial charge >= 0.3 is 6.09 Å². The number of carbonyl (C=O) groups is 1. The van der Waals surface area contributed by atoms with Crippen LogP contribution in [0.5, 0.6) is 0 Å². The Morgan fingerprint density at radius 3 is 2.75 bits per heavy atom. The standard InChI is InChI=1S/C12H20N2O2/c15-12-14(10-4-1-5-10)11(8-16-12)9-3-2-6-13-7-9/h9-11,13H,1-8H2. The molecule has 1 aliphatic carbocycles. The van der Waals surface area contributed by atoms with Gasteiger partial charge in [-0.15, -0.1) is 0 Å². The number of ether oxygens (including phenoxy) is 1. The van der Waals surface area contributed by atoms with Gasteiger partial charge in [0, 0.05) is 12.6 Å². The van der Waals surface area contributed by atoms with Crippen LogP contribution in [0.3, 0.4) is 0 Å². The van der Waals surface area contributed by atoms with Crippen molar-refractivity contribution in [2.24, 2.45) is 5.92 Å². The topological polar surface area (TPSA) is 41.6 Å². The Balaban J connectivity index is 1.69. The fourth-order valence-electron chi connectivity index (χ4n) is 3.10. The Kier molecular flexibility index (Phi) is 2.75. The van der Waals surface area contributed by atoms with Gasteiger partial charge in [-0.05, 0) is 44.6 Å². The van der Waals surface area contributed by atoms with E-state index in [4.69, 9.17) is 4.74 Å². The second kappa shape index (κ2) is 4.24. The van der Waals surface area contributed by atoms with E-state index in [9.17, 15) is 4.79 Å². The average molecular weight is 224 g/mol. The number of amides is 1. The van der Waals surface area contributed by atoms with Crippen molar-refractivity contribution < 1.29 is 9.53 Å². The second-order valence-electron chi connectivity index (χ2n) is 5.24. The summed E-state index contributed by atoms with van der Waals surface area (Å²) in [5.41, 5.74) is 0. The van der Waals surface area contributed by atoms with Crippen molar-refractivity contribution >= 4 is 6.09 Å². The molecule has 3 fully saturated rings. The monoisotopic (exact) mass is 224 g/mol. The molecule has 1 saturated carbocycles. The number of piperidine rings is 1. The predicted molar refractivity (Wildman–Crippen MR) is 60.2 cm³/mol. The summed E-state index contributed by atoms with van der Waals surface area (Å²) in [5, 5.41) is 3.43. The van der Waals surface area contributed by atoms with Crippen molar-refractivity contribution in [3.8, 4) is 0 Å². The maximum atomic E-state index is 11.7. The number of carbonyl (C=O) groups excluding carboxylic acids is 1. The first kappa shape index (κ1) is 10.4. The SMILES string of the molecule is O=C1OCC(C2CCCNC2)N1C1CCC1. The molecule has 0 aromatic rings. The summed E-state index contributed by atoms with van der Waals surface area (Å²) < 4.78 is 5.25. The van der Waals surface area contributed by atoms with Gasteiger partial charge in [-0.2, -0.15) is 0 Å². The third-order valence-electron chi connectivity index (χ3n) is 4.29. The largest absolute Gasteiger partial charge is 0.447 e. The van der Waals surface area contributed by atoms with E-state index in [1.165, 1.54) is 32.1 Å². The van der Waals surface area contributed by atoms with Gasteiger partial charge in [-0.25, -0.2) is 4.79 Å².